The summed E-state index contributed by atoms with van der Waals surface area (Å²) in [6.45, 7) is 2.30. The molecule has 2 atom stereocenters. The monoisotopic (exact) mass is 215 g/mol. The Bertz CT molecular complexity index is 440. The van der Waals surface area contributed by atoms with Gasteiger partial charge in [0.2, 0.25) is 5.91 Å². The molecule has 0 aromatic heterocycles. The fourth-order valence-corrected chi connectivity index (χ4v) is 3.28. The molecule has 16 heavy (non-hydrogen) atoms. The lowest BCUT2D eigenvalue weighted by atomic mass is 9.64. The van der Waals surface area contributed by atoms with E-state index in [1.165, 1.54) is 11.1 Å². The third kappa shape index (κ3) is 1.29. The maximum atomic E-state index is 11.5. The van der Waals surface area contributed by atoms with E-state index in [2.05, 4.69) is 36.5 Å². The quantitative estimate of drug-likeness (QED) is 0.706. The van der Waals surface area contributed by atoms with Crippen molar-refractivity contribution in [3.8, 4) is 0 Å². The highest BCUT2D eigenvalue weighted by atomic mass is 16.1. The van der Waals surface area contributed by atoms with E-state index >= 15 is 0 Å². The molecule has 1 aliphatic heterocycles. The number of amides is 1. The van der Waals surface area contributed by atoms with Crippen LogP contribution >= 0.6 is 0 Å². The number of benzene rings is 1. The van der Waals surface area contributed by atoms with Gasteiger partial charge in [-0.3, -0.25) is 4.79 Å². The summed E-state index contributed by atoms with van der Waals surface area (Å²) in [6.07, 6.45) is 3.83. The van der Waals surface area contributed by atoms with Crippen LogP contribution in [0.5, 0.6) is 0 Å². The fourth-order valence-electron chi connectivity index (χ4n) is 3.28. The SMILES string of the molecule is CC12CCC(=O)N[C@@H]1CCc1ccccc12. The largest absolute Gasteiger partial charge is 0.352 e. The molecule has 2 heteroatoms. The first-order chi connectivity index (χ1) is 7.70. The Morgan fingerprint density at radius 2 is 2.12 bits per heavy atom. The predicted octanol–water partition coefficient (Wildman–Crippen LogP) is 2.17. The molecular weight excluding hydrogens is 198 g/mol. The molecule has 1 fully saturated rings. The summed E-state index contributed by atoms with van der Waals surface area (Å²) >= 11 is 0. The van der Waals surface area contributed by atoms with Gasteiger partial charge in [0.15, 0.2) is 0 Å². The van der Waals surface area contributed by atoms with Gasteiger partial charge in [-0.25, -0.2) is 0 Å². The molecule has 0 saturated carbocycles. The molecule has 84 valence electrons. The molecule has 1 unspecified atom stereocenters. The van der Waals surface area contributed by atoms with Crippen molar-refractivity contribution in [2.45, 2.75) is 44.1 Å². The van der Waals surface area contributed by atoms with Crippen LogP contribution in [0.4, 0.5) is 0 Å². The Labute approximate surface area is 96.1 Å². The number of hydrogen-bond acceptors (Lipinski definition) is 1. The Kier molecular flexibility index (Phi) is 2.06. The number of piperidine rings is 1. The van der Waals surface area contributed by atoms with Crippen LogP contribution in [0.2, 0.25) is 0 Å². The van der Waals surface area contributed by atoms with E-state index in [1.807, 2.05) is 0 Å². The third-order valence-electron chi connectivity index (χ3n) is 4.31. The van der Waals surface area contributed by atoms with Gasteiger partial charge in [0, 0.05) is 17.9 Å². The summed E-state index contributed by atoms with van der Waals surface area (Å²) in [5.41, 5.74) is 3.08. The summed E-state index contributed by atoms with van der Waals surface area (Å²) in [7, 11) is 0. The zero-order valence-electron chi connectivity index (χ0n) is 9.62. The van der Waals surface area contributed by atoms with Gasteiger partial charge in [-0.05, 0) is 30.4 Å². The van der Waals surface area contributed by atoms with E-state index in [0.29, 0.717) is 12.5 Å². The molecule has 1 aliphatic carbocycles. The van der Waals surface area contributed by atoms with Gasteiger partial charge in [0.05, 0.1) is 0 Å². The molecule has 1 saturated heterocycles. The number of carbonyl (C=O) groups is 1. The fraction of sp³-hybridized carbons (Fsp3) is 0.500. The van der Waals surface area contributed by atoms with Gasteiger partial charge in [-0.15, -0.1) is 0 Å². The summed E-state index contributed by atoms with van der Waals surface area (Å²) in [5.74, 6) is 0.224. The number of rotatable bonds is 0. The summed E-state index contributed by atoms with van der Waals surface area (Å²) in [4.78, 5) is 11.5. The second kappa shape index (κ2) is 3.34. The van der Waals surface area contributed by atoms with E-state index in [0.717, 1.165) is 19.3 Å². The molecule has 3 rings (SSSR count). The average molecular weight is 215 g/mol. The molecule has 0 bridgehead atoms. The van der Waals surface area contributed by atoms with Crippen molar-refractivity contribution in [2.75, 3.05) is 0 Å². The Hall–Kier alpha value is -1.31. The molecule has 1 heterocycles. The Balaban J connectivity index is 2.07. The first-order valence-electron chi connectivity index (χ1n) is 6.08. The standard InChI is InChI=1S/C14H17NO/c1-14-9-8-13(16)15-12(14)7-6-10-4-2-3-5-11(10)14/h2-5,12H,6-9H2,1H3,(H,15,16)/t12-,14?/m1/s1. The highest BCUT2D eigenvalue weighted by Gasteiger charge is 2.43. The molecule has 1 aromatic carbocycles. The number of nitrogens with one attached hydrogen (secondary N) is 1. The lowest BCUT2D eigenvalue weighted by molar-refractivity contribution is -0.125. The van der Waals surface area contributed by atoms with Crippen LogP contribution in [0.1, 0.15) is 37.3 Å². The van der Waals surface area contributed by atoms with E-state index in [4.69, 9.17) is 0 Å². The van der Waals surface area contributed by atoms with Gasteiger partial charge in [-0.1, -0.05) is 31.2 Å². The average Bonchev–Trinajstić information content (AvgIpc) is 2.31. The minimum atomic E-state index is 0.156. The number of hydrogen-bond donors (Lipinski definition) is 1. The second-order valence-electron chi connectivity index (χ2n) is 5.23. The van der Waals surface area contributed by atoms with E-state index < -0.39 is 0 Å². The van der Waals surface area contributed by atoms with Crippen molar-refractivity contribution < 1.29 is 4.79 Å². The molecule has 2 aliphatic rings. The summed E-state index contributed by atoms with van der Waals surface area (Å²) in [6, 6.07) is 9.03. The highest BCUT2D eigenvalue weighted by Crippen LogP contribution is 2.42. The zero-order chi connectivity index (χ0) is 11.2. The van der Waals surface area contributed by atoms with Crippen molar-refractivity contribution >= 4 is 5.91 Å². The molecule has 1 N–H and O–H groups in total. The number of aryl methyl sites for hydroxylation is 1. The first kappa shape index (κ1) is 9.88. The molecule has 0 radical (unpaired) electrons. The van der Waals surface area contributed by atoms with Gasteiger partial charge in [0.1, 0.15) is 0 Å². The van der Waals surface area contributed by atoms with Gasteiger partial charge < -0.3 is 5.32 Å². The maximum absolute atomic E-state index is 11.5. The minimum Gasteiger partial charge on any atom is -0.352 e. The van der Waals surface area contributed by atoms with Crippen molar-refractivity contribution in [3.05, 3.63) is 35.4 Å². The number of carbonyl (C=O) groups excluding carboxylic acids is 1. The van der Waals surface area contributed by atoms with Crippen LogP contribution in [-0.2, 0) is 16.6 Å². The van der Waals surface area contributed by atoms with Crippen LogP contribution in [-0.4, -0.2) is 11.9 Å². The molecule has 2 nitrogen and oxygen atoms in total. The Morgan fingerprint density at radius 1 is 1.31 bits per heavy atom. The van der Waals surface area contributed by atoms with Crippen molar-refractivity contribution in [1.82, 2.24) is 5.32 Å². The first-order valence-corrected chi connectivity index (χ1v) is 6.08. The van der Waals surface area contributed by atoms with E-state index in [9.17, 15) is 4.79 Å². The molecule has 0 spiro atoms. The predicted molar refractivity (Wildman–Crippen MR) is 63.3 cm³/mol. The lowest BCUT2D eigenvalue weighted by Crippen LogP contribution is -2.55. The second-order valence-corrected chi connectivity index (χ2v) is 5.23. The van der Waals surface area contributed by atoms with E-state index in [-0.39, 0.29) is 11.3 Å². The molecular formula is C14H17NO. The normalized spacial score (nSPS) is 32.6. The van der Waals surface area contributed by atoms with Gasteiger partial charge in [0.25, 0.3) is 0 Å². The zero-order valence-corrected chi connectivity index (χ0v) is 9.62. The summed E-state index contributed by atoms with van der Waals surface area (Å²) < 4.78 is 0. The van der Waals surface area contributed by atoms with Gasteiger partial charge >= 0.3 is 0 Å². The van der Waals surface area contributed by atoms with E-state index in [1.54, 1.807) is 0 Å². The van der Waals surface area contributed by atoms with Crippen LogP contribution < -0.4 is 5.32 Å². The summed E-state index contributed by atoms with van der Waals surface area (Å²) in [5, 5.41) is 3.16. The van der Waals surface area contributed by atoms with Gasteiger partial charge in [-0.2, -0.15) is 0 Å². The van der Waals surface area contributed by atoms with Crippen molar-refractivity contribution in [3.63, 3.8) is 0 Å². The smallest absolute Gasteiger partial charge is 0.220 e. The molecule has 1 amide bonds. The minimum absolute atomic E-state index is 0.156. The number of fused-ring (bicyclic) bond motifs is 3. The third-order valence-corrected chi connectivity index (χ3v) is 4.31. The highest BCUT2D eigenvalue weighted by molar-refractivity contribution is 5.78. The van der Waals surface area contributed by atoms with Crippen LogP contribution in [0.3, 0.4) is 0 Å². The van der Waals surface area contributed by atoms with Crippen LogP contribution in [0.15, 0.2) is 24.3 Å². The Morgan fingerprint density at radius 3 is 3.00 bits per heavy atom. The van der Waals surface area contributed by atoms with Crippen LogP contribution in [0, 0.1) is 0 Å². The topological polar surface area (TPSA) is 29.1 Å². The molecule has 1 aromatic rings. The van der Waals surface area contributed by atoms with Crippen molar-refractivity contribution in [1.29, 1.82) is 0 Å². The van der Waals surface area contributed by atoms with Crippen molar-refractivity contribution in [2.24, 2.45) is 0 Å². The maximum Gasteiger partial charge on any atom is 0.220 e. The lowest BCUT2D eigenvalue weighted by Gasteiger charge is -2.46. The van der Waals surface area contributed by atoms with Crippen LogP contribution in [0.25, 0.3) is 0 Å².